The standard InChI is InChI=1S/C22H30ClF3N4O/c1-15(2)19-13-20(29-11-4-5-17(9-12-29)16(3)8-10-23)28-30(19)18-6-7-21(27-14-18)31-22(24,25)26/h6-7,13-17H,4-5,8-12H2,1-3H3. The Morgan fingerprint density at radius 3 is 2.58 bits per heavy atom. The first-order valence-corrected chi connectivity index (χ1v) is 11.3. The summed E-state index contributed by atoms with van der Waals surface area (Å²) in [6.07, 6.45) is 1.04. The van der Waals surface area contributed by atoms with Gasteiger partial charge in [0.15, 0.2) is 5.82 Å². The van der Waals surface area contributed by atoms with Crippen molar-refractivity contribution in [3.63, 3.8) is 0 Å². The van der Waals surface area contributed by atoms with Crippen molar-refractivity contribution < 1.29 is 17.9 Å². The minimum Gasteiger partial charge on any atom is -0.388 e. The molecule has 3 heterocycles. The molecular weight excluding hydrogens is 429 g/mol. The number of pyridine rings is 1. The highest BCUT2D eigenvalue weighted by molar-refractivity contribution is 6.17. The maximum absolute atomic E-state index is 12.4. The second-order valence-electron chi connectivity index (χ2n) is 8.53. The van der Waals surface area contributed by atoms with Gasteiger partial charge in [0.2, 0.25) is 5.88 Å². The topological polar surface area (TPSA) is 43.2 Å². The highest BCUT2D eigenvalue weighted by Crippen LogP contribution is 2.31. The van der Waals surface area contributed by atoms with Crippen LogP contribution in [0, 0.1) is 11.8 Å². The maximum atomic E-state index is 12.4. The normalized spacial score (nSPS) is 18.8. The van der Waals surface area contributed by atoms with Gasteiger partial charge >= 0.3 is 6.36 Å². The Hall–Kier alpha value is -1.96. The molecule has 172 valence electrons. The van der Waals surface area contributed by atoms with Gasteiger partial charge in [-0.05, 0) is 49.5 Å². The molecule has 5 nitrogen and oxygen atoms in total. The lowest BCUT2D eigenvalue weighted by atomic mass is 9.86. The van der Waals surface area contributed by atoms with Crippen molar-refractivity contribution in [3.8, 4) is 11.6 Å². The van der Waals surface area contributed by atoms with E-state index >= 15 is 0 Å². The van der Waals surface area contributed by atoms with Crippen LogP contribution in [0.15, 0.2) is 24.4 Å². The Balaban J connectivity index is 1.79. The Morgan fingerprint density at radius 2 is 1.97 bits per heavy atom. The van der Waals surface area contributed by atoms with Crippen molar-refractivity contribution in [1.82, 2.24) is 14.8 Å². The van der Waals surface area contributed by atoms with Crippen LogP contribution in [0.4, 0.5) is 19.0 Å². The van der Waals surface area contributed by atoms with Crippen molar-refractivity contribution in [1.29, 1.82) is 0 Å². The first-order valence-electron chi connectivity index (χ1n) is 10.8. The lowest BCUT2D eigenvalue weighted by Gasteiger charge is -2.22. The fraction of sp³-hybridized carbons (Fsp3) is 0.636. The van der Waals surface area contributed by atoms with Gasteiger partial charge in [0.1, 0.15) is 0 Å². The SMILES string of the molecule is CC(C)c1cc(N2CCCC(C(C)CCCl)CC2)nn1-c1ccc(OC(F)(F)F)nc1. The molecule has 0 amide bonds. The molecule has 2 aromatic rings. The minimum absolute atomic E-state index is 0.191. The van der Waals surface area contributed by atoms with Crippen LogP contribution in [0.1, 0.15) is 58.1 Å². The van der Waals surface area contributed by atoms with Crippen LogP contribution in [-0.4, -0.2) is 40.1 Å². The summed E-state index contributed by atoms with van der Waals surface area (Å²) in [6, 6.07) is 4.83. The quantitative estimate of drug-likeness (QED) is 0.466. The van der Waals surface area contributed by atoms with E-state index < -0.39 is 12.2 Å². The molecular formula is C22H30ClF3N4O. The van der Waals surface area contributed by atoms with E-state index in [1.165, 1.54) is 18.7 Å². The van der Waals surface area contributed by atoms with E-state index in [-0.39, 0.29) is 5.92 Å². The molecule has 1 aliphatic rings. The Labute approximate surface area is 186 Å². The van der Waals surface area contributed by atoms with Crippen LogP contribution < -0.4 is 9.64 Å². The zero-order chi connectivity index (χ0) is 22.6. The maximum Gasteiger partial charge on any atom is 0.574 e. The zero-order valence-electron chi connectivity index (χ0n) is 18.2. The number of ether oxygens (including phenoxy) is 1. The molecule has 0 aromatic carbocycles. The number of nitrogens with zero attached hydrogens (tertiary/aromatic N) is 4. The Kier molecular flexibility index (Phi) is 7.73. The van der Waals surface area contributed by atoms with Crippen molar-refractivity contribution in [2.45, 2.75) is 58.7 Å². The fourth-order valence-corrected chi connectivity index (χ4v) is 4.50. The van der Waals surface area contributed by atoms with Crippen LogP contribution in [0.5, 0.6) is 5.88 Å². The van der Waals surface area contributed by atoms with Crippen LogP contribution in [-0.2, 0) is 0 Å². The van der Waals surface area contributed by atoms with Crippen LogP contribution in [0.2, 0.25) is 0 Å². The molecule has 1 saturated heterocycles. The molecule has 0 spiro atoms. The van der Waals surface area contributed by atoms with Gasteiger partial charge in [-0.25, -0.2) is 9.67 Å². The molecule has 31 heavy (non-hydrogen) atoms. The second-order valence-corrected chi connectivity index (χ2v) is 8.91. The Bertz CT molecular complexity index is 838. The molecule has 9 heteroatoms. The number of alkyl halides is 4. The molecule has 1 fully saturated rings. The van der Waals surface area contributed by atoms with Crippen molar-refractivity contribution in [2.75, 3.05) is 23.9 Å². The number of rotatable bonds is 7. The third-order valence-electron chi connectivity index (χ3n) is 5.97. The zero-order valence-corrected chi connectivity index (χ0v) is 19.0. The molecule has 2 atom stereocenters. The summed E-state index contributed by atoms with van der Waals surface area (Å²) >= 11 is 5.94. The second kappa shape index (κ2) is 10.1. The van der Waals surface area contributed by atoms with Crippen LogP contribution >= 0.6 is 11.6 Å². The molecule has 0 bridgehead atoms. The van der Waals surface area contributed by atoms with Gasteiger partial charge in [-0.1, -0.05) is 20.8 Å². The van der Waals surface area contributed by atoms with E-state index in [2.05, 4.69) is 41.5 Å². The van der Waals surface area contributed by atoms with Crippen molar-refractivity contribution in [2.24, 2.45) is 11.8 Å². The van der Waals surface area contributed by atoms with Gasteiger partial charge in [-0.2, -0.15) is 0 Å². The lowest BCUT2D eigenvalue weighted by molar-refractivity contribution is -0.276. The molecule has 1 aliphatic heterocycles. The summed E-state index contributed by atoms with van der Waals surface area (Å²) in [5.41, 5.74) is 1.59. The number of anilines is 1. The summed E-state index contributed by atoms with van der Waals surface area (Å²) in [5.74, 6) is 2.58. The fourth-order valence-electron chi connectivity index (χ4n) is 4.16. The molecule has 0 radical (unpaired) electrons. The van der Waals surface area contributed by atoms with Crippen LogP contribution in [0.25, 0.3) is 5.69 Å². The average Bonchev–Trinajstić information content (AvgIpc) is 2.99. The van der Waals surface area contributed by atoms with E-state index in [4.69, 9.17) is 16.7 Å². The predicted octanol–water partition coefficient (Wildman–Crippen LogP) is 6.16. The number of hydrogen-bond acceptors (Lipinski definition) is 4. The number of hydrogen-bond donors (Lipinski definition) is 0. The third kappa shape index (κ3) is 6.28. The molecule has 2 aromatic heterocycles. The monoisotopic (exact) mass is 458 g/mol. The highest BCUT2D eigenvalue weighted by Gasteiger charge is 2.31. The smallest absolute Gasteiger partial charge is 0.388 e. The molecule has 3 rings (SSSR count). The number of aromatic nitrogens is 3. The molecule has 0 saturated carbocycles. The minimum atomic E-state index is -4.76. The van der Waals surface area contributed by atoms with E-state index in [0.29, 0.717) is 23.4 Å². The van der Waals surface area contributed by atoms with Crippen molar-refractivity contribution >= 4 is 17.4 Å². The van der Waals surface area contributed by atoms with Crippen molar-refractivity contribution in [3.05, 3.63) is 30.1 Å². The third-order valence-corrected chi connectivity index (χ3v) is 6.19. The first-order chi connectivity index (χ1) is 14.7. The highest BCUT2D eigenvalue weighted by atomic mass is 35.5. The van der Waals surface area contributed by atoms with Gasteiger partial charge in [-0.3, -0.25) is 0 Å². The van der Waals surface area contributed by atoms with E-state index in [1.807, 2.05) is 0 Å². The van der Waals surface area contributed by atoms with Gasteiger partial charge in [0.25, 0.3) is 0 Å². The van der Waals surface area contributed by atoms with Gasteiger partial charge in [0.05, 0.1) is 11.9 Å². The summed E-state index contributed by atoms with van der Waals surface area (Å²) in [5, 5.41) is 4.80. The largest absolute Gasteiger partial charge is 0.574 e. The van der Waals surface area contributed by atoms with Gasteiger partial charge in [0, 0.05) is 36.8 Å². The number of halogens is 4. The van der Waals surface area contributed by atoms with Gasteiger partial charge < -0.3 is 9.64 Å². The van der Waals surface area contributed by atoms with Crippen LogP contribution in [0.3, 0.4) is 0 Å². The summed E-state index contributed by atoms with van der Waals surface area (Å²) < 4.78 is 42.9. The first kappa shape index (κ1) is 23.7. The van der Waals surface area contributed by atoms with E-state index in [1.54, 1.807) is 10.7 Å². The summed E-state index contributed by atoms with van der Waals surface area (Å²) in [7, 11) is 0. The van der Waals surface area contributed by atoms with E-state index in [0.717, 1.165) is 43.9 Å². The molecule has 2 unspecified atom stereocenters. The summed E-state index contributed by atoms with van der Waals surface area (Å²) in [4.78, 5) is 6.11. The predicted molar refractivity (Wildman–Crippen MR) is 116 cm³/mol. The van der Waals surface area contributed by atoms with E-state index in [9.17, 15) is 13.2 Å². The Morgan fingerprint density at radius 1 is 1.19 bits per heavy atom. The molecule has 0 N–H and O–H groups in total. The lowest BCUT2D eigenvalue weighted by Crippen LogP contribution is -2.25. The summed E-state index contributed by atoms with van der Waals surface area (Å²) in [6.45, 7) is 8.29. The average molecular weight is 459 g/mol. The van der Waals surface area contributed by atoms with Gasteiger partial charge in [-0.15, -0.1) is 29.9 Å². The molecule has 0 aliphatic carbocycles.